The van der Waals surface area contributed by atoms with E-state index in [1.54, 1.807) is 6.92 Å². The van der Waals surface area contributed by atoms with Gasteiger partial charge in [-0.1, -0.05) is 26.8 Å². The molecule has 21 heavy (non-hydrogen) atoms. The first-order chi connectivity index (χ1) is 9.68. The van der Waals surface area contributed by atoms with Gasteiger partial charge in [0.2, 0.25) is 5.89 Å². The maximum absolute atomic E-state index is 13.1. The molecular formula is C15H19FN2O3. The Labute approximate surface area is 122 Å². The van der Waals surface area contributed by atoms with E-state index in [-0.39, 0.29) is 17.8 Å². The van der Waals surface area contributed by atoms with Gasteiger partial charge in [-0.3, -0.25) is 0 Å². The van der Waals surface area contributed by atoms with Crippen LogP contribution in [0.3, 0.4) is 0 Å². The van der Waals surface area contributed by atoms with Crippen molar-refractivity contribution in [2.75, 3.05) is 0 Å². The predicted octanol–water partition coefficient (Wildman–Crippen LogP) is 2.31. The summed E-state index contributed by atoms with van der Waals surface area (Å²) in [5.41, 5.74) is 0.792. The molecule has 0 aliphatic carbocycles. The van der Waals surface area contributed by atoms with Crippen LogP contribution in [0.5, 0.6) is 0 Å². The van der Waals surface area contributed by atoms with Crippen LogP contribution < -0.4 is 5.76 Å². The van der Waals surface area contributed by atoms with Crippen molar-refractivity contribution in [3.05, 3.63) is 51.6 Å². The number of hydrogen-bond donors (Lipinski definition) is 1. The minimum Gasteiger partial charge on any atom is -0.392 e. The van der Waals surface area contributed by atoms with Crippen LogP contribution in [0, 0.1) is 12.7 Å². The van der Waals surface area contributed by atoms with E-state index in [2.05, 4.69) is 5.10 Å². The highest BCUT2D eigenvalue weighted by Gasteiger charge is 2.23. The molecular weight excluding hydrogens is 275 g/mol. The quantitative estimate of drug-likeness (QED) is 0.943. The summed E-state index contributed by atoms with van der Waals surface area (Å²) in [6.07, 6.45) is -0.957. The van der Waals surface area contributed by atoms with Crippen molar-refractivity contribution in [1.29, 1.82) is 0 Å². The van der Waals surface area contributed by atoms with Crippen LogP contribution >= 0.6 is 0 Å². The molecule has 1 atom stereocenters. The van der Waals surface area contributed by atoms with Crippen molar-refractivity contribution in [2.45, 2.75) is 45.8 Å². The van der Waals surface area contributed by atoms with E-state index in [0.717, 1.165) is 4.68 Å². The molecule has 0 saturated carbocycles. The highest BCUT2D eigenvalue weighted by atomic mass is 19.1. The van der Waals surface area contributed by atoms with E-state index in [1.165, 1.54) is 18.2 Å². The van der Waals surface area contributed by atoms with Gasteiger partial charge >= 0.3 is 5.76 Å². The van der Waals surface area contributed by atoms with Crippen LogP contribution in [0.2, 0.25) is 0 Å². The van der Waals surface area contributed by atoms with Crippen molar-refractivity contribution in [3.8, 4) is 0 Å². The van der Waals surface area contributed by atoms with Crippen LogP contribution in [0.15, 0.2) is 27.4 Å². The van der Waals surface area contributed by atoms with E-state index >= 15 is 0 Å². The Morgan fingerprint density at radius 3 is 2.62 bits per heavy atom. The molecule has 1 aromatic heterocycles. The molecule has 1 N–H and O–H groups in total. The van der Waals surface area contributed by atoms with Gasteiger partial charge in [-0.25, -0.2) is 9.18 Å². The van der Waals surface area contributed by atoms with Crippen LogP contribution in [-0.2, 0) is 12.0 Å². The lowest BCUT2D eigenvalue weighted by molar-refractivity contribution is 0.147. The Hall–Kier alpha value is -1.95. The van der Waals surface area contributed by atoms with Gasteiger partial charge in [0.15, 0.2) is 0 Å². The molecule has 6 heteroatoms. The van der Waals surface area contributed by atoms with Crippen molar-refractivity contribution in [1.82, 2.24) is 9.78 Å². The number of benzene rings is 1. The van der Waals surface area contributed by atoms with E-state index in [4.69, 9.17) is 4.42 Å². The molecule has 0 radical (unpaired) electrons. The van der Waals surface area contributed by atoms with Crippen LogP contribution in [0.4, 0.5) is 4.39 Å². The summed E-state index contributed by atoms with van der Waals surface area (Å²) >= 11 is 0. The number of aromatic nitrogens is 2. The zero-order chi connectivity index (χ0) is 15.8. The lowest BCUT2D eigenvalue weighted by Crippen LogP contribution is -2.21. The average molecular weight is 294 g/mol. The number of hydrogen-bond acceptors (Lipinski definition) is 4. The molecule has 1 aromatic carbocycles. The van der Waals surface area contributed by atoms with E-state index in [1.807, 2.05) is 20.8 Å². The lowest BCUT2D eigenvalue weighted by Gasteiger charge is -2.13. The summed E-state index contributed by atoms with van der Waals surface area (Å²) < 4.78 is 19.3. The Kier molecular flexibility index (Phi) is 4.00. The monoisotopic (exact) mass is 294 g/mol. The fourth-order valence-corrected chi connectivity index (χ4v) is 2.00. The summed E-state index contributed by atoms with van der Waals surface area (Å²) in [7, 11) is 0. The average Bonchev–Trinajstić information content (AvgIpc) is 2.70. The SMILES string of the molecule is Cc1cc(F)ccc1C(O)Cn1nc(C(C)(C)C)oc1=O. The third-order valence-corrected chi connectivity index (χ3v) is 3.18. The Morgan fingerprint density at radius 1 is 1.43 bits per heavy atom. The second-order valence-corrected chi connectivity index (χ2v) is 6.12. The minimum absolute atomic E-state index is 0.0368. The predicted molar refractivity (Wildman–Crippen MR) is 75.6 cm³/mol. The van der Waals surface area contributed by atoms with Gasteiger partial charge in [-0.15, -0.1) is 5.10 Å². The molecule has 2 aromatic rings. The van der Waals surface area contributed by atoms with Gasteiger partial charge in [0.1, 0.15) is 5.82 Å². The molecule has 2 rings (SSSR count). The normalized spacial score (nSPS) is 13.4. The third kappa shape index (κ3) is 3.39. The Morgan fingerprint density at radius 2 is 2.10 bits per heavy atom. The molecule has 0 bridgehead atoms. The van der Waals surface area contributed by atoms with Crippen molar-refractivity contribution in [2.24, 2.45) is 0 Å². The van der Waals surface area contributed by atoms with Gasteiger partial charge < -0.3 is 9.52 Å². The molecule has 0 saturated heterocycles. The van der Waals surface area contributed by atoms with E-state index in [9.17, 15) is 14.3 Å². The van der Waals surface area contributed by atoms with Crippen molar-refractivity contribution < 1.29 is 13.9 Å². The van der Waals surface area contributed by atoms with Crippen molar-refractivity contribution >= 4 is 0 Å². The molecule has 0 aliphatic rings. The number of rotatable bonds is 3. The van der Waals surface area contributed by atoms with Gasteiger partial charge in [-0.2, -0.15) is 4.68 Å². The maximum Gasteiger partial charge on any atom is 0.437 e. The number of halogens is 1. The lowest BCUT2D eigenvalue weighted by atomic mass is 9.97. The summed E-state index contributed by atoms with van der Waals surface area (Å²) in [6, 6.07) is 4.12. The Bertz CT molecular complexity index is 698. The molecule has 1 heterocycles. The molecule has 0 spiro atoms. The second-order valence-electron chi connectivity index (χ2n) is 6.12. The van der Waals surface area contributed by atoms with E-state index in [0.29, 0.717) is 17.0 Å². The van der Waals surface area contributed by atoms with E-state index < -0.39 is 11.9 Å². The highest BCUT2D eigenvalue weighted by molar-refractivity contribution is 5.28. The zero-order valence-electron chi connectivity index (χ0n) is 12.6. The minimum atomic E-state index is -0.957. The first-order valence-corrected chi connectivity index (χ1v) is 6.71. The van der Waals surface area contributed by atoms with Gasteiger partial charge in [-0.05, 0) is 30.2 Å². The summed E-state index contributed by atoms with van der Waals surface area (Å²) in [5, 5.41) is 14.3. The largest absolute Gasteiger partial charge is 0.437 e. The molecule has 0 amide bonds. The second kappa shape index (κ2) is 5.44. The molecule has 114 valence electrons. The fraction of sp³-hybridized carbons (Fsp3) is 0.467. The highest BCUT2D eigenvalue weighted by Crippen LogP contribution is 2.21. The number of aliphatic hydroxyl groups excluding tert-OH is 1. The standard InChI is InChI=1S/C15H19FN2O3/c1-9-7-10(16)5-6-11(9)12(19)8-18-14(20)21-13(17-18)15(2,3)4/h5-7,12,19H,8H2,1-4H3. The molecule has 1 unspecified atom stereocenters. The summed E-state index contributed by atoms with van der Waals surface area (Å²) in [5.74, 6) is -0.661. The molecule has 0 aliphatic heterocycles. The third-order valence-electron chi connectivity index (χ3n) is 3.18. The number of aryl methyl sites for hydroxylation is 1. The summed E-state index contributed by atoms with van der Waals surface area (Å²) in [6.45, 7) is 7.30. The number of nitrogens with zero attached hydrogens (tertiary/aromatic N) is 2. The Balaban J connectivity index is 2.26. The number of aliphatic hydroxyl groups is 1. The molecule has 0 fully saturated rings. The fourth-order valence-electron chi connectivity index (χ4n) is 2.00. The zero-order valence-corrected chi connectivity index (χ0v) is 12.6. The topological polar surface area (TPSA) is 68.3 Å². The molecule has 5 nitrogen and oxygen atoms in total. The van der Waals surface area contributed by atoms with Gasteiger partial charge in [0.05, 0.1) is 12.6 Å². The first-order valence-electron chi connectivity index (χ1n) is 6.71. The van der Waals surface area contributed by atoms with Crippen LogP contribution in [0.1, 0.15) is 43.9 Å². The smallest absolute Gasteiger partial charge is 0.392 e. The van der Waals surface area contributed by atoms with Crippen LogP contribution in [-0.4, -0.2) is 14.9 Å². The first kappa shape index (κ1) is 15.4. The van der Waals surface area contributed by atoms with Crippen molar-refractivity contribution in [3.63, 3.8) is 0 Å². The maximum atomic E-state index is 13.1. The van der Waals surface area contributed by atoms with Gasteiger partial charge in [0, 0.05) is 5.41 Å². The summed E-state index contributed by atoms with van der Waals surface area (Å²) in [4.78, 5) is 11.8. The van der Waals surface area contributed by atoms with Gasteiger partial charge in [0.25, 0.3) is 0 Å². The van der Waals surface area contributed by atoms with Crippen LogP contribution in [0.25, 0.3) is 0 Å².